The fraction of sp³-hybridized carbons (Fsp3) is 0.200. The van der Waals surface area contributed by atoms with Crippen LogP contribution in [0, 0.1) is 6.92 Å². The second-order valence-electron chi connectivity index (χ2n) is 6.00. The summed E-state index contributed by atoms with van der Waals surface area (Å²) in [6, 6.07) is 17.0. The second-order valence-corrected chi connectivity index (χ2v) is 7.18. The molecule has 0 saturated carbocycles. The van der Waals surface area contributed by atoms with Crippen LogP contribution in [0.3, 0.4) is 0 Å². The number of anilines is 1. The first-order valence-corrected chi connectivity index (χ1v) is 9.47. The molecule has 27 heavy (non-hydrogen) atoms. The van der Waals surface area contributed by atoms with E-state index in [4.69, 9.17) is 0 Å². The number of carbonyl (C=O) groups excluding carboxylic acids is 2. The van der Waals surface area contributed by atoms with Crippen LogP contribution < -0.4 is 10.6 Å². The molecule has 3 rings (SSSR count). The number of aryl methyl sites for hydroxylation is 2. The molecular weight excluding hydrogens is 360 g/mol. The van der Waals surface area contributed by atoms with Gasteiger partial charge in [-0.15, -0.1) is 10.2 Å². The summed E-state index contributed by atoms with van der Waals surface area (Å²) in [5.74, 6) is -0.431. The Morgan fingerprint density at radius 2 is 1.70 bits per heavy atom. The third kappa shape index (κ3) is 5.46. The van der Waals surface area contributed by atoms with Gasteiger partial charge in [0.05, 0.1) is 0 Å². The maximum absolute atomic E-state index is 12.2. The Morgan fingerprint density at radius 1 is 0.963 bits per heavy atom. The van der Waals surface area contributed by atoms with Crippen LogP contribution in [0.25, 0.3) is 0 Å². The lowest BCUT2D eigenvalue weighted by molar-refractivity contribution is 0.0952. The summed E-state index contributed by atoms with van der Waals surface area (Å²) in [4.78, 5) is 24.3. The van der Waals surface area contributed by atoms with Gasteiger partial charge in [0, 0.05) is 17.8 Å². The van der Waals surface area contributed by atoms with E-state index in [0.29, 0.717) is 22.8 Å². The lowest BCUT2D eigenvalue weighted by atomic mass is 10.1. The molecule has 0 atom stereocenters. The van der Waals surface area contributed by atoms with Gasteiger partial charge in [0.1, 0.15) is 5.01 Å². The van der Waals surface area contributed by atoms with Gasteiger partial charge in [0.15, 0.2) is 0 Å². The highest BCUT2D eigenvalue weighted by Crippen LogP contribution is 2.14. The molecule has 7 heteroatoms. The maximum atomic E-state index is 12.2. The minimum atomic E-state index is -0.307. The van der Waals surface area contributed by atoms with E-state index < -0.39 is 0 Å². The SMILES string of the molecule is Cc1nnc(C(=O)Nc2ccc(C(=O)NCCCc3ccccc3)cc2)s1. The molecule has 0 saturated heterocycles. The van der Waals surface area contributed by atoms with Gasteiger partial charge < -0.3 is 10.6 Å². The summed E-state index contributed by atoms with van der Waals surface area (Å²) in [5.41, 5.74) is 2.42. The Labute approximate surface area is 161 Å². The summed E-state index contributed by atoms with van der Waals surface area (Å²) >= 11 is 1.23. The Balaban J connectivity index is 1.46. The number of hydrogen-bond acceptors (Lipinski definition) is 5. The molecule has 6 nitrogen and oxygen atoms in total. The van der Waals surface area contributed by atoms with Gasteiger partial charge in [-0.05, 0) is 49.6 Å². The summed E-state index contributed by atoms with van der Waals surface area (Å²) in [6.07, 6.45) is 1.81. The topological polar surface area (TPSA) is 84.0 Å². The number of nitrogens with zero attached hydrogens (tertiary/aromatic N) is 2. The number of benzene rings is 2. The van der Waals surface area contributed by atoms with Crippen LogP contribution in [0.15, 0.2) is 54.6 Å². The standard InChI is InChI=1S/C20H20N4O2S/c1-14-23-24-20(27-14)19(26)22-17-11-9-16(10-12-17)18(25)21-13-5-8-15-6-3-2-4-7-15/h2-4,6-7,9-12H,5,8,13H2,1H3,(H,21,25)(H,22,26). The number of nitrogens with one attached hydrogen (secondary N) is 2. The first-order valence-electron chi connectivity index (χ1n) is 8.65. The van der Waals surface area contributed by atoms with Crippen molar-refractivity contribution in [3.63, 3.8) is 0 Å². The van der Waals surface area contributed by atoms with Gasteiger partial charge in [-0.3, -0.25) is 9.59 Å². The van der Waals surface area contributed by atoms with Crippen LogP contribution >= 0.6 is 11.3 Å². The lowest BCUT2D eigenvalue weighted by Crippen LogP contribution is -2.24. The van der Waals surface area contributed by atoms with Crippen molar-refractivity contribution in [2.45, 2.75) is 19.8 Å². The molecule has 1 aromatic heterocycles. The highest BCUT2D eigenvalue weighted by Gasteiger charge is 2.12. The van der Waals surface area contributed by atoms with E-state index in [2.05, 4.69) is 33.0 Å². The highest BCUT2D eigenvalue weighted by atomic mass is 32.1. The molecule has 1 heterocycles. The van der Waals surface area contributed by atoms with Crippen LogP contribution in [0.1, 0.15) is 37.2 Å². The van der Waals surface area contributed by atoms with Gasteiger partial charge in [0.25, 0.3) is 11.8 Å². The van der Waals surface area contributed by atoms with Crippen LogP contribution in [0.2, 0.25) is 0 Å². The third-order valence-corrected chi connectivity index (χ3v) is 4.73. The van der Waals surface area contributed by atoms with Crippen molar-refractivity contribution in [2.75, 3.05) is 11.9 Å². The fourth-order valence-corrected chi connectivity index (χ4v) is 3.11. The molecule has 0 radical (unpaired) electrons. The minimum Gasteiger partial charge on any atom is -0.352 e. The zero-order chi connectivity index (χ0) is 19.1. The van der Waals surface area contributed by atoms with Crippen LogP contribution in [-0.2, 0) is 6.42 Å². The fourth-order valence-electron chi connectivity index (χ4n) is 2.52. The largest absolute Gasteiger partial charge is 0.352 e. The van der Waals surface area contributed by atoms with E-state index in [9.17, 15) is 9.59 Å². The monoisotopic (exact) mass is 380 g/mol. The predicted octanol–water partition coefficient (Wildman–Crippen LogP) is 3.46. The van der Waals surface area contributed by atoms with E-state index in [1.165, 1.54) is 16.9 Å². The summed E-state index contributed by atoms with van der Waals surface area (Å²) in [7, 11) is 0. The first kappa shape index (κ1) is 18.7. The number of carbonyl (C=O) groups is 2. The zero-order valence-corrected chi connectivity index (χ0v) is 15.8. The number of amides is 2. The van der Waals surface area contributed by atoms with Crippen molar-refractivity contribution in [3.8, 4) is 0 Å². The molecule has 0 aliphatic rings. The van der Waals surface area contributed by atoms with Gasteiger partial charge in [-0.1, -0.05) is 41.7 Å². The molecule has 0 aliphatic heterocycles. The van der Waals surface area contributed by atoms with Crippen LogP contribution in [0.4, 0.5) is 5.69 Å². The Bertz CT molecular complexity index is 907. The van der Waals surface area contributed by atoms with E-state index >= 15 is 0 Å². The van der Waals surface area contributed by atoms with Gasteiger partial charge in [0.2, 0.25) is 5.01 Å². The van der Waals surface area contributed by atoms with Crippen molar-refractivity contribution in [1.82, 2.24) is 15.5 Å². The molecule has 0 bridgehead atoms. The zero-order valence-electron chi connectivity index (χ0n) is 14.9. The Morgan fingerprint density at radius 3 is 2.37 bits per heavy atom. The van der Waals surface area contributed by atoms with Gasteiger partial charge >= 0.3 is 0 Å². The van der Waals surface area contributed by atoms with Crippen molar-refractivity contribution >= 4 is 28.8 Å². The normalized spacial score (nSPS) is 10.4. The lowest BCUT2D eigenvalue weighted by Gasteiger charge is -2.07. The molecule has 2 N–H and O–H groups in total. The average Bonchev–Trinajstić information content (AvgIpc) is 3.13. The van der Waals surface area contributed by atoms with E-state index in [0.717, 1.165) is 17.8 Å². The first-order chi connectivity index (χ1) is 13.1. The van der Waals surface area contributed by atoms with Crippen LogP contribution in [0.5, 0.6) is 0 Å². The number of rotatable bonds is 7. The van der Waals surface area contributed by atoms with E-state index in [1.807, 2.05) is 18.2 Å². The number of aromatic nitrogens is 2. The summed E-state index contributed by atoms with van der Waals surface area (Å²) in [6.45, 7) is 2.41. The van der Waals surface area contributed by atoms with Crippen LogP contribution in [-0.4, -0.2) is 28.6 Å². The third-order valence-electron chi connectivity index (χ3n) is 3.90. The molecule has 2 aromatic carbocycles. The van der Waals surface area contributed by atoms with E-state index in [1.54, 1.807) is 31.2 Å². The maximum Gasteiger partial charge on any atom is 0.286 e. The predicted molar refractivity (Wildman–Crippen MR) is 106 cm³/mol. The molecule has 0 fully saturated rings. The molecule has 0 unspecified atom stereocenters. The summed E-state index contributed by atoms with van der Waals surface area (Å²) < 4.78 is 0. The van der Waals surface area contributed by atoms with Gasteiger partial charge in [-0.25, -0.2) is 0 Å². The van der Waals surface area contributed by atoms with E-state index in [-0.39, 0.29) is 11.8 Å². The quantitative estimate of drug-likeness (QED) is 0.615. The molecule has 3 aromatic rings. The van der Waals surface area contributed by atoms with Crippen molar-refractivity contribution in [2.24, 2.45) is 0 Å². The molecule has 138 valence electrons. The highest BCUT2D eigenvalue weighted by molar-refractivity contribution is 7.13. The van der Waals surface area contributed by atoms with Crippen molar-refractivity contribution < 1.29 is 9.59 Å². The molecule has 0 aliphatic carbocycles. The summed E-state index contributed by atoms with van der Waals surface area (Å²) in [5, 5.41) is 14.3. The van der Waals surface area contributed by atoms with Crippen molar-refractivity contribution in [3.05, 3.63) is 75.7 Å². The smallest absolute Gasteiger partial charge is 0.286 e. The molecule has 0 spiro atoms. The minimum absolute atomic E-state index is 0.124. The molecule has 2 amide bonds. The van der Waals surface area contributed by atoms with Gasteiger partial charge in [-0.2, -0.15) is 0 Å². The second kappa shape index (κ2) is 9.05. The average molecular weight is 380 g/mol. The van der Waals surface area contributed by atoms with Crippen molar-refractivity contribution in [1.29, 1.82) is 0 Å². The Hall–Kier alpha value is -3.06. The Kier molecular flexibility index (Phi) is 6.27. The number of hydrogen-bond donors (Lipinski definition) is 2. The molecular formula is C20H20N4O2S.